The van der Waals surface area contributed by atoms with Crippen LogP contribution >= 0.6 is 0 Å². The van der Waals surface area contributed by atoms with Gasteiger partial charge in [0.1, 0.15) is 0 Å². The molecular weight excluding hydrogens is 244 g/mol. The van der Waals surface area contributed by atoms with Gasteiger partial charge in [-0.25, -0.2) is 0 Å². The molecule has 2 fully saturated rings. The molecule has 2 saturated carbocycles. The summed E-state index contributed by atoms with van der Waals surface area (Å²) in [6.45, 7) is 8.05. The molecule has 0 heterocycles. The van der Waals surface area contributed by atoms with Gasteiger partial charge in [-0.3, -0.25) is 4.90 Å². The van der Waals surface area contributed by atoms with Crippen molar-refractivity contribution in [1.82, 2.24) is 4.90 Å². The Hall–Kier alpha value is -0.0800. The van der Waals surface area contributed by atoms with Crippen LogP contribution in [0.1, 0.15) is 78.6 Å². The lowest BCUT2D eigenvalue weighted by Crippen LogP contribution is -2.58. The molecule has 118 valence electrons. The van der Waals surface area contributed by atoms with Gasteiger partial charge in [0, 0.05) is 18.1 Å². The molecule has 0 aliphatic heterocycles. The van der Waals surface area contributed by atoms with Crippen molar-refractivity contribution in [3.8, 4) is 0 Å². The van der Waals surface area contributed by atoms with Crippen LogP contribution < -0.4 is 5.73 Å². The summed E-state index contributed by atoms with van der Waals surface area (Å²) in [7, 11) is 2.36. The highest BCUT2D eigenvalue weighted by atomic mass is 15.2. The van der Waals surface area contributed by atoms with E-state index in [-0.39, 0.29) is 0 Å². The van der Waals surface area contributed by atoms with Crippen molar-refractivity contribution >= 4 is 0 Å². The predicted octanol–water partition coefficient (Wildman–Crippen LogP) is 4.18. The van der Waals surface area contributed by atoms with E-state index in [1.807, 2.05) is 0 Å². The Morgan fingerprint density at radius 2 is 1.55 bits per heavy atom. The smallest absolute Gasteiger partial charge is 0.0331 e. The maximum Gasteiger partial charge on any atom is 0.0331 e. The van der Waals surface area contributed by atoms with Crippen LogP contribution in [0.4, 0.5) is 0 Å². The molecule has 2 aliphatic rings. The molecule has 0 aromatic carbocycles. The Balaban J connectivity index is 2.00. The molecule has 2 rings (SSSR count). The molecule has 2 N–H and O–H groups in total. The molecule has 0 unspecified atom stereocenters. The molecule has 0 bridgehead atoms. The van der Waals surface area contributed by atoms with Crippen LogP contribution in [0.25, 0.3) is 0 Å². The van der Waals surface area contributed by atoms with E-state index >= 15 is 0 Å². The fourth-order valence-corrected chi connectivity index (χ4v) is 4.58. The average molecular weight is 281 g/mol. The summed E-state index contributed by atoms with van der Waals surface area (Å²) >= 11 is 0. The molecule has 20 heavy (non-hydrogen) atoms. The minimum absolute atomic E-state index is 0.295. The van der Waals surface area contributed by atoms with Crippen molar-refractivity contribution in [2.75, 3.05) is 13.6 Å². The van der Waals surface area contributed by atoms with Crippen molar-refractivity contribution in [3.63, 3.8) is 0 Å². The zero-order chi connectivity index (χ0) is 14.8. The van der Waals surface area contributed by atoms with Gasteiger partial charge in [-0.15, -0.1) is 0 Å². The van der Waals surface area contributed by atoms with E-state index in [0.29, 0.717) is 11.0 Å². The molecule has 2 aliphatic carbocycles. The lowest BCUT2D eigenvalue weighted by atomic mass is 9.66. The number of hydrogen-bond donors (Lipinski definition) is 1. The largest absolute Gasteiger partial charge is 0.329 e. The monoisotopic (exact) mass is 280 g/mol. The summed E-state index contributed by atoms with van der Waals surface area (Å²) in [5.41, 5.74) is 7.02. The molecular formula is C18H36N2. The second-order valence-corrected chi connectivity index (χ2v) is 8.47. The first-order valence-electron chi connectivity index (χ1n) is 8.82. The SMILES string of the molecule is CN(C1CCCCC1)C1(CN)CCC(C(C)(C)C)CC1. The van der Waals surface area contributed by atoms with Crippen LogP contribution in [-0.4, -0.2) is 30.1 Å². The molecule has 2 nitrogen and oxygen atoms in total. The Morgan fingerprint density at radius 1 is 1.00 bits per heavy atom. The fraction of sp³-hybridized carbons (Fsp3) is 1.00. The normalized spacial score (nSPS) is 33.6. The zero-order valence-corrected chi connectivity index (χ0v) is 14.3. The standard InChI is InChI=1S/C18H36N2/c1-17(2,3)15-10-12-18(14-19,13-11-15)20(4)16-8-6-5-7-9-16/h15-16H,5-14,19H2,1-4H3. The van der Waals surface area contributed by atoms with E-state index in [1.165, 1.54) is 57.8 Å². The van der Waals surface area contributed by atoms with Crippen LogP contribution in [0, 0.1) is 11.3 Å². The first-order chi connectivity index (χ1) is 9.39. The number of nitrogens with zero attached hydrogens (tertiary/aromatic N) is 1. The molecule has 0 saturated heterocycles. The Bertz CT molecular complexity index is 291. The summed E-state index contributed by atoms with van der Waals surface area (Å²) in [4.78, 5) is 2.70. The highest BCUT2D eigenvalue weighted by Crippen LogP contribution is 2.44. The molecule has 0 amide bonds. The highest BCUT2D eigenvalue weighted by Gasteiger charge is 2.42. The van der Waals surface area contributed by atoms with Gasteiger partial charge in [-0.05, 0) is 56.9 Å². The minimum Gasteiger partial charge on any atom is -0.329 e. The summed E-state index contributed by atoms with van der Waals surface area (Å²) in [5.74, 6) is 0.877. The van der Waals surface area contributed by atoms with E-state index in [1.54, 1.807) is 0 Å². The maximum absolute atomic E-state index is 6.26. The van der Waals surface area contributed by atoms with E-state index < -0.39 is 0 Å². The van der Waals surface area contributed by atoms with Crippen LogP contribution in [0.5, 0.6) is 0 Å². The summed E-state index contributed by atoms with van der Waals surface area (Å²) in [6, 6.07) is 0.790. The first-order valence-corrected chi connectivity index (χ1v) is 8.82. The van der Waals surface area contributed by atoms with E-state index in [4.69, 9.17) is 5.73 Å². The van der Waals surface area contributed by atoms with E-state index in [9.17, 15) is 0 Å². The topological polar surface area (TPSA) is 29.3 Å². The summed E-state index contributed by atoms with van der Waals surface area (Å²) in [5, 5.41) is 0. The zero-order valence-electron chi connectivity index (χ0n) is 14.3. The third-order valence-electron chi connectivity index (χ3n) is 6.39. The first kappa shape index (κ1) is 16.3. The summed E-state index contributed by atoms with van der Waals surface area (Å²) < 4.78 is 0. The minimum atomic E-state index is 0.295. The van der Waals surface area contributed by atoms with Gasteiger partial charge in [0.05, 0.1) is 0 Å². The maximum atomic E-state index is 6.26. The van der Waals surface area contributed by atoms with Gasteiger partial charge in [-0.2, -0.15) is 0 Å². The third kappa shape index (κ3) is 3.39. The molecule has 0 radical (unpaired) electrons. The van der Waals surface area contributed by atoms with Crippen LogP contribution in [-0.2, 0) is 0 Å². The fourth-order valence-electron chi connectivity index (χ4n) is 4.58. The van der Waals surface area contributed by atoms with Gasteiger partial charge in [-0.1, -0.05) is 40.0 Å². The molecule has 0 aromatic heterocycles. The molecule has 2 heteroatoms. The van der Waals surface area contributed by atoms with Gasteiger partial charge < -0.3 is 5.73 Å². The van der Waals surface area contributed by atoms with E-state index in [0.717, 1.165) is 18.5 Å². The lowest BCUT2D eigenvalue weighted by molar-refractivity contribution is 0.00156. The van der Waals surface area contributed by atoms with E-state index in [2.05, 4.69) is 32.7 Å². The lowest BCUT2D eigenvalue weighted by Gasteiger charge is -2.51. The second kappa shape index (κ2) is 6.36. The van der Waals surface area contributed by atoms with Gasteiger partial charge >= 0.3 is 0 Å². The third-order valence-corrected chi connectivity index (χ3v) is 6.39. The van der Waals surface area contributed by atoms with Crippen molar-refractivity contribution in [1.29, 1.82) is 0 Å². The Kier molecular flexibility index (Phi) is 5.18. The van der Waals surface area contributed by atoms with Gasteiger partial charge in [0.25, 0.3) is 0 Å². The van der Waals surface area contributed by atoms with Gasteiger partial charge in [0.2, 0.25) is 0 Å². The van der Waals surface area contributed by atoms with Crippen molar-refractivity contribution < 1.29 is 0 Å². The van der Waals surface area contributed by atoms with Crippen LogP contribution in [0.2, 0.25) is 0 Å². The average Bonchev–Trinajstić information content (AvgIpc) is 2.46. The highest BCUT2D eigenvalue weighted by molar-refractivity contribution is 4.98. The number of likely N-dealkylation sites (N-methyl/N-ethyl adjacent to an activating group) is 1. The van der Waals surface area contributed by atoms with Crippen molar-refractivity contribution in [3.05, 3.63) is 0 Å². The summed E-state index contributed by atoms with van der Waals surface area (Å²) in [6.07, 6.45) is 12.4. The Labute approximate surface area is 126 Å². The van der Waals surface area contributed by atoms with Crippen LogP contribution in [0.3, 0.4) is 0 Å². The number of rotatable bonds is 3. The molecule has 0 spiro atoms. The number of nitrogens with two attached hydrogens (primary N) is 1. The molecule has 0 atom stereocenters. The quantitative estimate of drug-likeness (QED) is 0.840. The number of hydrogen-bond acceptors (Lipinski definition) is 2. The second-order valence-electron chi connectivity index (χ2n) is 8.47. The Morgan fingerprint density at radius 3 is 2.00 bits per heavy atom. The van der Waals surface area contributed by atoms with Crippen molar-refractivity contribution in [2.24, 2.45) is 17.1 Å². The molecule has 0 aromatic rings. The van der Waals surface area contributed by atoms with Crippen molar-refractivity contribution in [2.45, 2.75) is 90.1 Å². The van der Waals surface area contributed by atoms with Crippen LogP contribution in [0.15, 0.2) is 0 Å². The predicted molar refractivity (Wildman–Crippen MR) is 87.8 cm³/mol. The van der Waals surface area contributed by atoms with Gasteiger partial charge in [0.15, 0.2) is 0 Å².